The number of likely N-dealkylation sites (tertiary alicyclic amines) is 1. The summed E-state index contributed by atoms with van der Waals surface area (Å²) in [5.41, 5.74) is 4.01. The topological polar surface area (TPSA) is 135 Å². The Hall–Kier alpha value is -3.79. The summed E-state index contributed by atoms with van der Waals surface area (Å²) in [5, 5.41) is 48.5. The van der Waals surface area contributed by atoms with Crippen molar-refractivity contribution in [2.24, 2.45) is 0 Å². The number of phenolic OH excluding ortho intramolecular Hbond substituents is 2. The molecule has 0 atom stereocenters. The monoisotopic (exact) mass is 479 g/mol. The van der Waals surface area contributed by atoms with Crippen LogP contribution in [0.4, 0.5) is 4.79 Å². The number of rotatable bonds is 4. The van der Waals surface area contributed by atoms with Gasteiger partial charge in [0, 0.05) is 38.3 Å². The number of carbonyl (C=O) groups is 1. The third kappa shape index (κ3) is 4.14. The van der Waals surface area contributed by atoms with Crippen molar-refractivity contribution >= 4 is 6.09 Å². The minimum absolute atomic E-state index is 0.00310. The van der Waals surface area contributed by atoms with Crippen molar-refractivity contribution in [2.75, 3.05) is 13.1 Å². The molecule has 35 heavy (non-hydrogen) atoms. The number of amides is 1. The van der Waals surface area contributed by atoms with Crippen LogP contribution in [-0.4, -0.2) is 70.2 Å². The van der Waals surface area contributed by atoms with Gasteiger partial charge in [0.05, 0.1) is 11.3 Å². The fourth-order valence-corrected chi connectivity index (χ4v) is 5.15. The number of phenols is 2. The summed E-state index contributed by atoms with van der Waals surface area (Å²) in [7, 11) is 0. The van der Waals surface area contributed by atoms with Gasteiger partial charge in [-0.15, -0.1) is 5.10 Å². The number of piperidine rings is 1. The number of fused-ring (bicyclic) bond motifs is 1. The molecule has 0 aliphatic carbocycles. The van der Waals surface area contributed by atoms with E-state index in [0.29, 0.717) is 35.9 Å². The maximum Gasteiger partial charge on any atom is 0.407 e. The molecule has 3 aromatic rings. The maximum absolute atomic E-state index is 11.2. The highest BCUT2D eigenvalue weighted by molar-refractivity contribution is 5.70. The van der Waals surface area contributed by atoms with Crippen LogP contribution in [0.5, 0.6) is 17.5 Å². The molecule has 2 aromatic carbocycles. The molecule has 4 N–H and O–H groups in total. The van der Waals surface area contributed by atoms with Gasteiger partial charge in [-0.1, -0.05) is 25.0 Å². The van der Waals surface area contributed by atoms with Crippen LogP contribution in [0.2, 0.25) is 0 Å². The fourth-order valence-electron chi connectivity index (χ4n) is 5.15. The van der Waals surface area contributed by atoms with E-state index in [2.05, 4.69) is 15.1 Å². The summed E-state index contributed by atoms with van der Waals surface area (Å²) >= 11 is 0. The minimum Gasteiger partial charge on any atom is -0.508 e. The molecule has 2 aliphatic rings. The summed E-state index contributed by atoms with van der Waals surface area (Å²) in [6.07, 6.45) is 0.756. The highest BCUT2D eigenvalue weighted by Gasteiger charge is 2.31. The maximum atomic E-state index is 11.2. The van der Waals surface area contributed by atoms with Crippen molar-refractivity contribution in [3.63, 3.8) is 0 Å². The van der Waals surface area contributed by atoms with E-state index in [1.54, 1.807) is 6.07 Å². The van der Waals surface area contributed by atoms with Gasteiger partial charge in [0.1, 0.15) is 11.5 Å². The van der Waals surface area contributed by atoms with Gasteiger partial charge in [-0.2, -0.15) is 0 Å². The lowest BCUT2D eigenvalue weighted by Crippen LogP contribution is -2.44. The van der Waals surface area contributed by atoms with Crippen LogP contribution in [0.15, 0.2) is 30.3 Å². The predicted octanol–water partition coefficient (Wildman–Crippen LogP) is 3.63. The molecule has 1 saturated heterocycles. The van der Waals surface area contributed by atoms with Gasteiger partial charge in [-0.05, 0) is 53.6 Å². The zero-order chi connectivity index (χ0) is 24.9. The number of aromatic hydroxyl groups is 3. The van der Waals surface area contributed by atoms with E-state index in [9.17, 15) is 25.2 Å². The second-order valence-electron chi connectivity index (χ2n) is 9.60. The molecule has 0 unspecified atom stereocenters. The first-order chi connectivity index (χ1) is 16.7. The summed E-state index contributed by atoms with van der Waals surface area (Å²) in [6.45, 7) is 6.51. The van der Waals surface area contributed by atoms with Crippen LogP contribution in [0.3, 0.4) is 0 Å². The lowest BCUT2D eigenvalue weighted by atomic mass is 9.98. The molecule has 184 valence electrons. The van der Waals surface area contributed by atoms with Crippen LogP contribution < -0.4 is 0 Å². The largest absolute Gasteiger partial charge is 0.508 e. The van der Waals surface area contributed by atoms with Gasteiger partial charge >= 0.3 is 12.1 Å². The highest BCUT2D eigenvalue weighted by Crippen LogP contribution is 2.39. The summed E-state index contributed by atoms with van der Waals surface area (Å²) in [5.74, 6) is 0.148. The Morgan fingerprint density at radius 2 is 1.69 bits per heavy atom. The van der Waals surface area contributed by atoms with Gasteiger partial charge in [0.2, 0.25) is 0 Å². The van der Waals surface area contributed by atoms with Gasteiger partial charge in [-0.3, -0.25) is 4.90 Å². The molecule has 1 amide bonds. The van der Waals surface area contributed by atoms with E-state index in [-0.39, 0.29) is 29.3 Å². The van der Waals surface area contributed by atoms with Crippen molar-refractivity contribution in [3.8, 4) is 34.6 Å². The van der Waals surface area contributed by atoms with Crippen LogP contribution in [0, 0.1) is 0 Å². The van der Waals surface area contributed by atoms with Crippen LogP contribution in [0.1, 0.15) is 49.3 Å². The summed E-state index contributed by atoms with van der Waals surface area (Å²) in [6, 6.07) is 8.90. The first kappa shape index (κ1) is 23.0. The number of hydrogen-bond donors (Lipinski definition) is 4. The second kappa shape index (κ2) is 8.77. The minimum atomic E-state index is -0.859. The average Bonchev–Trinajstić information content (AvgIpc) is 3.42. The lowest BCUT2D eigenvalue weighted by molar-refractivity contribution is 0.0938. The van der Waals surface area contributed by atoms with Crippen LogP contribution in [-0.2, 0) is 13.1 Å². The normalized spacial score (nSPS) is 16.7. The Labute approximate surface area is 202 Å². The number of carboxylic acid groups (broad SMARTS) is 1. The molecule has 0 saturated carbocycles. The molecule has 1 aromatic heterocycles. The van der Waals surface area contributed by atoms with E-state index in [0.717, 1.165) is 31.5 Å². The van der Waals surface area contributed by atoms with E-state index in [1.165, 1.54) is 21.1 Å². The first-order valence-electron chi connectivity index (χ1n) is 11.8. The molecule has 10 nitrogen and oxygen atoms in total. The predicted molar refractivity (Wildman–Crippen MR) is 128 cm³/mol. The van der Waals surface area contributed by atoms with Gasteiger partial charge in [-0.25, -0.2) is 9.36 Å². The van der Waals surface area contributed by atoms with Gasteiger partial charge < -0.3 is 25.3 Å². The molecular formula is C25H29N5O5. The molecule has 3 heterocycles. The SMILES string of the molecule is CC(C)c1cc(-c2nnc(O)n2-c2ccc3c(c2)CN(C2CCN(C(=O)O)CC2)C3)c(O)cc1O. The van der Waals surface area contributed by atoms with Crippen molar-refractivity contribution in [1.82, 2.24) is 24.6 Å². The third-order valence-electron chi connectivity index (χ3n) is 7.10. The molecule has 10 heteroatoms. The number of benzene rings is 2. The fraction of sp³-hybridized carbons (Fsp3) is 0.400. The first-order valence-corrected chi connectivity index (χ1v) is 11.8. The standard InChI is InChI=1S/C25H29N5O5/c1-14(2)19-10-20(22(32)11-21(19)31)23-26-27-24(33)30(23)18-4-3-15-12-29(13-16(15)9-18)17-5-7-28(8-6-17)25(34)35/h3-4,9-11,14,17,31-32H,5-8,12-13H2,1-2H3,(H,27,33)(H,34,35). The molecular weight excluding hydrogens is 450 g/mol. The van der Waals surface area contributed by atoms with E-state index in [1.807, 2.05) is 32.0 Å². The van der Waals surface area contributed by atoms with Crippen molar-refractivity contribution in [3.05, 3.63) is 47.0 Å². The molecule has 5 rings (SSSR count). The second-order valence-corrected chi connectivity index (χ2v) is 9.60. The quantitative estimate of drug-likeness (QED) is 0.446. The zero-order valence-electron chi connectivity index (χ0n) is 19.7. The van der Waals surface area contributed by atoms with E-state index in [4.69, 9.17) is 0 Å². The third-order valence-corrected chi connectivity index (χ3v) is 7.10. The van der Waals surface area contributed by atoms with Crippen LogP contribution in [0.25, 0.3) is 17.1 Å². The highest BCUT2D eigenvalue weighted by atomic mass is 16.4. The molecule has 0 bridgehead atoms. The van der Waals surface area contributed by atoms with Gasteiger partial charge in [0.25, 0.3) is 0 Å². The zero-order valence-corrected chi connectivity index (χ0v) is 19.7. The van der Waals surface area contributed by atoms with Crippen LogP contribution >= 0.6 is 0 Å². The Bertz CT molecular complexity index is 1280. The molecule has 1 fully saturated rings. The van der Waals surface area contributed by atoms with E-state index >= 15 is 0 Å². The van der Waals surface area contributed by atoms with E-state index < -0.39 is 6.09 Å². The Morgan fingerprint density at radius 1 is 0.971 bits per heavy atom. The van der Waals surface area contributed by atoms with Crippen molar-refractivity contribution in [1.29, 1.82) is 0 Å². The number of nitrogens with zero attached hydrogens (tertiary/aromatic N) is 5. The van der Waals surface area contributed by atoms with Crippen molar-refractivity contribution in [2.45, 2.75) is 51.7 Å². The Morgan fingerprint density at radius 3 is 2.37 bits per heavy atom. The number of hydrogen-bond acceptors (Lipinski definition) is 7. The average molecular weight is 480 g/mol. The molecule has 0 radical (unpaired) electrons. The smallest absolute Gasteiger partial charge is 0.407 e. The van der Waals surface area contributed by atoms with Crippen molar-refractivity contribution < 1.29 is 25.2 Å². The molecule has 2 aliphatic heterocycles. The summed E-state index contributed by atoms with van der Waals surface area (Å²) in [4.78, 5) is 15.1. The summed E-state index contributed by atoms with van der Waals surface area (Å²) < 4.78 is 1.49. The van der Waals surface area contributed by atoms with Gasteiger partial charge in [0.15, 0.2) is 5.82 Å². The Balaban J connectivity index is 1.43. The molecule has 0 spiro atoms. The lowest BCUT2D eigenvalue weighted by Gasteiger charge is -2.35. The Kier molecular flexibility index (Phi) is 5.76. The number of aromatic nitrogens is 3.